The fourth-order valence-corrected chi connectivity index (χ4v) is 2.00. The number of hydrogen-bond acceptors (Lipinski definition) is 3. The summed E-state index contributed by atoms with van der Waals surface area (Å²) in [6, 6.07) is 11.8. The van der Waals surface area contributed by atoms with Gasteiger partial charge in [0, 0.05) is 5.69 Å². The predicted octanol–water partition coefficient (Wildman–Crippen LogP) is 3.65. The van der Waals surface area contributed by atoms with E-state index in [4.69, 9.17) is 15.2 Å². The topological polar surface area (TPSA) is 44.5 Å². The summed E-state index contributed by atoms with van der Waals surface area (Å²) in [5.74, 6) is 1.77. The van der Waals surface area contributed by atoms with Gasteiger partial charge in [-0.3, -0.25) is 0 Å². The Balaban J connectivity index is 1.86. The first-order chi connectivity index (χ1) is 9.56. The molecule has 0 heterocycles. The zero-order valence-electron chi connectivity index (χ0n) is 12.3. The highest BCUT2D eigenvalue weighted by molar-refractivity contribution is 5.47. The van der Waals surface area contributed by atoms with E-state index in [0.717, 1.165) is 28.3 Å². The van der Waals surface area contributed by atoms with E-state index >= 15 is 0 Å². The number of nitrogen functional groups attached to an aromatic ring is 1. The van der Waals surface area contributed by atoms with Crippen LogP contribution in [0.4, 0.5) is 5.69 Å². The lowest BCUT2D eigenvalue weighted by Gasteiger charge is -2.12. The molecule has 0 fully saturated rings. The molecule has 3 nitrogen and oxygen atoms in total. The van der Waals surface area contributed by atoms with Crippen molar-refractivity contribution in [2.75, 3.05) is 18.9 Å². The first kappa shape index (κ1) is 14.3. The SMILES string of the molecule is Cc1ccc(C)c(OCCOc2ccc(N)cc2C)c1. The lowest BCUT2D eigenvalue weighted by Crippen LogP contribution is -2.10. The monoisotopic (exact) mass is 271 g/mol. The molecule has 2 rings (SSSR count). The van der Waals surface area contributed by atoms with Gasteiger partial charge in [0.1, 0.15) is 24.7 Å². The van der Waals surface area contributed by atoms with Gasteiger partial charge in [-0.15, -0.1) is 0 Å². The standard InChI is InChI=1S/C17H21NO2/c1-12-4-5-13(2)17(10-12)20-9-8-19-16-7-6-15(18)11-14(16)3/h4-7,10-11H,8-9,18H2,1-3H3. The van der Waals surface area contributed by atoms with Crippen LogP contribution in [0.3, 0.4) is 0 Å². The average molecular weight is 271 g/mol. The molecule has 0 aliphatic rings. The maximum atomic E-state index is 5.75. The highest BCUT2D eigenvalue weighted by Gasteiger charge is 2.02. The molecule has 0 amide bonds. The van der Waals surface area contributed by atoms with Crippen molar-refractivity contribution in [2.24, 2.45) is 0 Å². The van der Waals surface area contributed by atoms with Crippen LogP contribution in [0.2, 0.25) is 0 Å². The van der Waals surface area contributed by atoms with Gasteiger partial charge in [0.15, 0.2) is 0 Å². The molecule has 106 valence electrons. The first-order valence-corrected chi connectivity index (χ1v) is 6.75. The number of anilines is 1. The van der Waals surface area contributed by atoms with E-state index in [1.165, 1.54) is 5.56 Å². The summed E-state index contributed by atoms with van der Waals surface area (Å²) in [6.07, 6.45) is 0. The molecule has 2 aromatic rings. The summed E-state index contributed by atoms with van der Waals surface area (Å²) in [5, 5.41) is 0. The van der Waals surface area contributed by atoms with Gasteiger partial charge < -0.3 is 15.2 Å². The molecule has 2 aromatic carbocycles. The third-order valence-corrected chi connectivity index (χ3v) is 3.14. The van der Waals surface area contributed by atoms with E-state index in [-0.39, 0.29) is 0 Å². The van der Waals surface area contributed by atoms with Gasteiger partial charge in [-0.1, -0.05) is 12.1 Å². The summed E-state index contributed by atoms with van der Waals surface area (Å²) in [5.41, 5.74) is 9.83. The molecule has 0 saturated carbocycles. The van der Waals surface area contributed by atoms with Crippen LogP contribution in [0.5, 0.6) is 11.5 Å². The third kappa shape index (κ3) is 3.67. The average Bonchev–Trinajstić information content (AvgIpc) is 2.40. The lowest BCUT2D eigenvalue weighted by molar-refractivity contribution is 0.215. The van der Waals surface area contributed by atoms with E-state index in [1.54, 1.807) is 0 Å². The minimum atomic E-state index is 0.512. The van der Waals surface area contributed by atoms with Crippen LogP contribution in [-0.4, -0.2) is 13.2 Å². The van der Waals surface area contributed by atoms with Crippen LogP contribution in [0.15, 0.2) is 36.4 Å². The van der Waals surface area contributed by atoms with E-state index in [2.05, 4.69) is 19.1 Å². The molecule has 2 N–H and O–H groups in total. The number of benzene rings is 2. The van der Waals surface area contributed by atoms with Gasteiger partial charge in [-0.2, -0.15) is 0 Å². The Labute approximate surface area is 120 Å². The van der Waals surface area contributed by atoms with Gasteiger partial charge in [0.05, 0.1) is 0 Å². The normalized spacial score (nSPS) is 10.3. The maximum Gasteiger partial charge on any atom is 0.122 e. The summed E-state index contributed by atoms with van der Waals surface area (Å²) in [4.78, 5) is 0. The number of nitrogens with two attached hydrogens (primary N) is 1. The van der Waals surface area contributed by atoms with Crippen LogP contribution < -0.4 is 15.2 Å². The van der Waals surface area contributed by atoms with Gasteiger partial charge in [-0.05, 0) is 61.7 Å². The fraction of sp³-hybridized carbons (Fsp3) is 0.294. The fourth-order valence-electron chi connectivity index (χ4n) is 2.00. The van der Waals surface area contributed by atoms with Crippen molar-refractivity contribution >= 4 is 5.69 Å². The molecule has 0 spiro atoms. The molecule has 0 saturated heterocycles. The molecule has 0 bridgehead atoms. The van der Waals surface area contributed by atoms with Crippen molar-refractivity contribution in [3.63, 3.8) is 0 Å². The summed E-state index contributed by atoms with van der Waals surface area (Å²) in [7, 11) is 0. The molecule has 0 aliphatic heterocycles. The molecule has 0 aliphatic carbocycles. The Morgan fingerprint density at radius 1 is 0.800 bits per heavy atom. The Bertz CT molecular complexity index is 594. The molecule has 0 atom stereocenters. The highest BCUT2D eigenvalue weighted by atomic mass is 16.5. The van der Waals surface area contributed by atoms with Crippen molar-refractivity contribution in [1.82, 2.24) is 0 Å². The van der Waals surface area contributed by atoms with Crippen LogP contribution >= 0.6 is 0 Å². The van der Waals surface area contributed by atoms with Crippen molar-refractivity contribution in [3.05, 3.63) is 53.1 Å². The molecular weight excluding hydrogens is 250 g/mol. The molecule has 3 heteroatoms. The van der Waals surface area contributed by atoms with Crippen molar-refractivity contribution < 1.29 is 9.47 Å². The summed E-state index contributed by atoms with van der Waals surface area (Å²) >= 11 is 0. The van der Waals surface area contributed by atoms with Gasteiger partial charge in [0.25, 0.3) is 0 Å². The van der Waals surface area contributed by atoms with Gasteiger partial charge >= 0.3 is 0 Å². The van der Waals surface area contributed by atoms with E-state index in [9.17, 15) is 0 Å². The van der Waals surface area contributed by atoms with Gasteiger partial charge in [-0.25, -0.2) is 0 Å². The van der Waals surface area contributed by atoms with Crippen molar-refractivity contribution in [3.8, 4) is 11.5 Å². The molecular formula is C17H21NO2. The first-order valence-electron chi connectivity index (χ1n) is 6.75. The third-order valence-electron chi connectivity index (χ3n) is 3.14. The second-order valence-corrected chi connectivity index (χ2v) is 4.99. The van der Waals surface area contributed by atoms with Crippen LogP contribution in [0.1, 0.15) is 16.7 Å². The largest absolute Gasteiger partial charge is 0.490 e. The maximum absolute atomic E-state index is 5.75. The summed E-state index contributed by atoms with van der Waals surface area (Å²) in [6.45, 7) is 7.11. The Hall–Kier alpha value is -2.16. The number of hydrogen-bond donors (Lipinski definition) is 1. The van der Waals surface area contributed by atoms with Crippen LogP contribution in [-0.2, 0) is 0 Å². The van der Waals surface area contributed by atoms with E-state index in [0.29, 0.717) is 13.2 Å². The van der Waals surface area contributed by atoms with E-state index in [1.807, 2.05) is 38.1 Å². The van der Waals surface area contributed by atoms with Crippen LogP contribution in [0, 0.1) is 20.8 Å². The Morgan fingerprint density at radius 2 is 1.50 bits per heavy atom. The lowest BCUT2D eigenvalue weighted by atomic mass is 10.1. The predicted molar refractivity (Wildman–Crippen MR) is 82.5 cm³/mol. The van der Waals surface area contributed by atoms with Crippen LogP contribution in [0.25, 0.3) is 0 Å². The zero-order valence-corrected chi connectivity index (χ0v) is 12.3. The molecule has 20 heavy (non-hydrogen) atoms. The van der Waals surface area contributed by atoms with E-state index < -0.39 is 0 Å². The smallest absolute Gasteiger partial charge is 0.122 e. The van der Waals surface area contributed by atoms with Gasteiger partial charge in [0.2, 0.25) is 0 Å². The molecule has 0 aromatic heterocycles. The number of rotatable bonds is 5. The number of ether oxygens (including phenoxy) is 2. The summed E-state index contributed by atoms with van der Waals surface area (Å²) < 4.78 is 11.5. The quantitative estimate of drug-likeness (QED) is 0.667. The Morgan fingerprint density at radius 3 is 2.20 bits per heavy atom. The molecule has 0 unspecified atom stereocenters. The minimum absolute atomic E-state index is 0.512. The van der Waals surface area contributed by atoms with Crippen molar-refractivity contribution in [1.29, 1.82) is 0 Å². The van der Waals surface area contributed by atoms with Crippen molar-refractivity contribution in [2.45, 2.75) is 20.8 Å². The number of aryl methyl sites for hydroxylation is 3. The Kier molecular flexibility index (Phi) is 4.51. The second-order valence-electron chi connectivity index (χ2n) is 4.99. The highest BCUT2D eigenvalue weighted by Crippen LogP contribution is 2.21. The molecule has 0 radical (unpaired) electrons. The second kappa shape index (κ2) is 6.33. The zero-order chi connectivity index (χ0) is 14.5. The minimum Gasteiger partial charge on any atom is -0.490 e.